The van der Waals surface area contributed by atoms with E-state index in [1.807, 2.05) is 7.05 Å². The van der Waals surface area contributed by atoms with E-state index in [1.54, 1.807) is 0 Å². The second-order valence-electron chi connectivity index (χ2n) is 3.49. The third-order valence-electron chi connectivity index (χ3n) is 2.36. The maximum atomic E-state index is 3.18. The number of hydrogen-bond donors (Lipinski definition) is 1. The van der Waals surface area contributed by atoms with Gasteiger partial charge in [-0.25, -0.2) is 0 Å². The zero-order valence-corrected chi connectivity index (χ0v) is 7.80. The summed E-state index contributed by atoms with van der Waals surface area (Å²) in [6.45, 7) is 3.49. The molecule has 1 aliphatic heterocycles. The van der Waals surface area contributed by atoms with Crippen molar-refractivity contribution in [1.29, 1.82) is 0 Å². The molecule has 1 N–H and O–H groups in total. The molecule has 0 spiro atoms. The van der Waals surface area contributed by atoms with Gasteiger partial charge in [0, 0.05) is 25.8 Å². The molecule has 1 aliphatic rings. The van der Waals surface area contributed by atoms with Gasteiger partial charge in [-0.3, -0.25) is 4.90 Å². The number of hydrogen-bond acceptors (Lipinski definition) is 3. The van der Waals surface area contributed by atoms with Crippen LogP contribution in [0.3, 0.4) is 0 Å². The molecule has 1 fully saturated rings. The Labute approximate surface area is 69.4 Å². The van der Waals surface area contributed by atoms with Crippen LogP contribution in [-0.2, 0) is 0 Å². The molecule has 3 heteroatoms. The zero-order chi connectivity index (χ0) is 8.27. The molecular formula is C8H19N3. The normalized spacial score (nSPS) is 26.7. The first kappa shape index (κ1) is 8.97. The van der Waals surface area contributed by atoms with E-state index in [1.165, 1.54) is 19.5 Å². The van der Waals surface area contributed by atoms with E-state index in [-0.39, 0.29) is 0 Å². The Hall–Kier alpha value is -0.120. The molecule has 1 heterocycles. The summed E-state index contributed by atoms with van der Waals surface area (Å²) in [5, 5.41) is 3.18. The van der Waals surface area contributed by atoms with Crippen LogP contribution in [0.1, 0.15) is 6.42 Å². The van der Waals surface area contributed by atoms with Crippen LogP contribution in [0.4, 0.5) is 0 Å². The highest BCUT2D eigenvalue weighted by atomic mass is 15.3. The van der Waals surface area contributed by atoms with Gasteiger partial charge in [0.2, 0.25) is 0 Å². The predicted octanol–water partition coefficient (Wildman–Crippen LogP) is -0.201. The molecule has 0 amide bonds. The quantitative estimate of drug-likeness (QED) is 0.612. The molecule has 1 atom stereocenters. The molecular weight excluding hydrogens is 138 g/mol. The topological polar surface area (TPSA) is 18.5 Å². The number of likely N-dealkylation sites (N-methyl/N-ethyl adjacent to an activating group) is 1. The minimum absolute atomic E-state index is 0.767. The van der Waals surface area contributed by atoms with Crippen LogP contribution in [0.25, 0.3) is 0 Å². The molecule has 0 saturated carbocycles. The van der Waals surface area contributed by atoms with Gasteiger partial charge >= 0.3 is 0 Å². The van der Waals surface area contributed by atoms with E-state index < -0.39 is 0 Å². The molecule has 0 aromatic rings. The fourth-order valence-corrected chi connectivity index (χ4v) is 1.60. The van der Waals surface area contributed by atoms with Crippen LogP contribution < -0.4 is 5.32 Å². The smallest absolute Gasteiger partial charge is 0.0478 e. The van der Waals surface area contributed by atoms with Gasteiger partial charge in [0.05, 0.1) is 0 Å². The van der Waals surface area contributed by atoms with Crippen LogP contribution >= 0.6 is 0 Å². The molecule has 0 aromatic heterocycles. The molecule has 1 saturated heterocycles. The second-order valence-corrected chi connectivity index (χ2v) is 3.49. The van der Waals surface area contributed by atoms with Gasteiger partial charge in [-0.2, -0.15) is 0 Å². The van der Waals surface area contributed by atoms with Crippen LogP contribution in [-0.4, -0.2) is 56.7 Å². The second kappa shape index (κ2) is 4.04. The van der Waals surface area contributed by atoms with Crippen molar-refractivity contribution < 1.29 is 0 Å². The average Bonchev–Trinajstić information content (AvgIpc) is 2.37. The molecule has 11 heavy (non-hydrogen) atoms. The molecule has 66 valence electrons. The number of nitrogens with zero attached hydrogens (tertiary/aromatic N) is 2. The minimum atomic E-state index is 0.767. The van der Waals surface area contributed by atoms with Crippen molar-refractivity contribution in [3.05, 3.63) is 0 Å². The molecule has 0 aliphatic carbocycles. The van der Waals surface area contributed by atoms with Crippen molar-refractivity contribution in [3.8, 4) is 0 Å². The van der Waals surface area contributed by atoms with E-state index in [0.29, 0.717) is 0 Å². The van der Waals surface area contributed by atoms with E-state index in [0.717, 1.165) is 12.7 Å². The molecule has 0 bridgehead atoms. The highest BCUT2D eigenvalue weighted by molar-refractivity contribution is 4.79. The maximum Gasteiger partial charge on any atom is 0.0478 e. The molecule has 3 nitrogen and oxygen atoms in total. The van der Waals surface area contributed by atoms with Crippen LogP contribution in [0.15, 0.2) is 0 Å². The third kappa shape index (κ3) is 2.43. The van der Waals surface area contributed by atoms with Crippen molar-refractivity contribution in [2.75, 3.05) is 40.9 Å². The summed E-state index contributed by atoms with van der Waals surface area (Å²) in [5.74, 6) is 0. The van der Waals surface area contributed by atoms with Crippen molar-refractivity contribution in [1.82, 2.24) is 15.1 Å². The van der Waals surface area contributed by atoms with Gasteiger partial charge in [0.1, 0.15) is 0 Å². The van der Waals surface area contributed by atoms with Gasteiger partial charge < -0.3 is 10.2 Å². The Morgan fingerprint density at radius 2 is 2.27 bits per heavy atom. The highest BCUT2D eigenvalue weighted by Gasteiger charge is 2.22. The highest BCUT2D eigenvalue weighted by Crippen LogP contribution is 2.11. The van der Waals surface area contributed by atoms with Gasteiger partial charge in [-0.15, -0.1) is 0 Å². The van der Waals surface area contributed by atoms with Gasteiger partial charge in [0.25, 0.3) is 0 Å². The lowest BCUT2D eigenvalue weighted by molar-refractivity contribution is 0.262. The van der Waals surface area contributed by atoms with E-state index in [2.05, 4.69) is 29.2 Å². The van der Waals surface area contributed by atoms with Gasteiger partial charge in [0.15, 0.2) is 0 Å². The zero-order valence-electron chi connectivity index (χ0n) is 7.80. The standard InChI is InChI=1S/C8H19N3/c1-9-7-11-5-4-8(6-11)10(2)3/h8-9H,4-7H2,1-3H3. The summed E-state index contributed by atoms with van der Waals surface area (Å²) in [5.41, 5.74) is 0. The summed E-state index contributed by atoms with van der Waals surface area (Å²) in [7, 11) is 6.32. The van der Waals surface area contributed by atoms with E-state index in [4.69, 9.17) is 0 Å². The fourth-order valence-electron chi connectivity index (χ4n) is 1.60. The Morgan fingerprint density at radius 1 is 1.55 bits per heavy atom. The minimum Gasteiger partial charge on any atom is -0.307 e. The van der Waals surface area contributed by atoms with Crippen LogP contribution in [0.5, 0.6) is 0 Å². The fraction of sp³-hybridized carbons (Fsp3) is 1.00. The summed E-state index contributed by atoms with van der Waals surface area (Å²) < 4.78 is 0. The van der Waals surface area contributed by atoms with Crippen molar-refractivity contribution in [2.24, 2.45) is 0 Å². The maximum absolute atomic E-state index is 3.18. The van der Waals surface area contributed by atoms with Crippen molar-refractivity contribution >= 4 is 0 Å². The summed E-state index contributed by atoms with van der Waals surface area (Å²) in [6, 6.07) is 0.767. The Bertz CT molecular complexity index is 114. The van der Waals surface area contributed by atoms with E-state index >= 15 is 0 Å². The molecule has 0 radical (unpaired) electrons. The largest absolute Gasteiger partial charge is 0.307 e. The van der Waals surface area contributed by atoms with Gasteiger partial charge in [-0.1, -0.05) is 0 Å². The van der Waals surface area contributed by atoms with Crippen molar-refractivity contribution in [3.63, 3.8) is 0 Å². The van der Waals surface area contributed by atoms with Crippen LogP contribution in [0.2, 0.25) is 0 Å². The number of likely N-dealkylation sites (tertiary alicyclic amines) is 1. The first-order chi connectivity index (χ1) is 5.24. The van der Waals surface area contributed by atoms with E-state index in [9.17, 15) is 0 Å². The molecule has 1 rings (SSSR count). The summed E-state index contributed by atoms with van der Waals surface area (Å²) in [4.78, 5) is 4.76. The summed E-state index contributed by atoms with van der Waals surface area (Å²) in [6.07, 6.45) is 1.31. The summed E-state index contributed by atoms with van der Waals surface area (Å²) >= 11 is 0. The first-order valence-electron chi connectivity index (χ1n) is 4.27. The Kier molecular flexibility index (Phi) is 3.30. The number of rotatable bonds is 3. The number of nitrogens with one attached hydrogen (secondary N) is 1. The lowest BCUT2D eigenvalue weighted by atomic mass is 10.2. The lowest BCUT2D eigenvalue weighted by Crippen LogP contribution is -2.34. The SMILES string of the molecule is CNCN1CCC(N(C)C)C1. The van der Waals surface area contributed by atoms with Crippen molar-refractivity contribution in [2.45, 2.75) is 12.5 Å². The van der Waals surface area contributed by atoms with Gasteiger partial charge in [-0.05, 0) is 27.6 Å². The first-order valence-corrected chi connectivity index (χ1v) is 4.27. The lowest BCUT2D eigenvalue weighted by Gasteiger charge is -2.19. The third-order valence-corrected chi connectivity index (χ3v) is 2.36. The Balaban J connectivity index is 2.23. The predicted molar refractivity (Wildman–Crippen MR) is 47.6 cm³/mol. The average molecular weight is 157 g/mol. The molecule has 0 aromatic carbocycles. The Morgan fingerprint density at radius 3 is 2.73 bits per heavy atom. The monoisotopic (exact) mass is 157 g/mol. The van der Waals surface area contributed by atoms with Crippen LogP contribution in [0, 0.1) is 0 Å². The molecule has 1 unspecified atom stereocenters.